The molecule has 0 spiro atoms. The van der Waals surface area contributed by atoms with Crippen molar-refractivity contribution in [2.75, 3.05) is 0 Å². The van der Waals surface area contributed by atoms with Crippen molar-refractivity contribution in [2.24, 2.45) is 0 Å². The van der Waals surface area contributed by atoms with Crippen LogP contribution in [0.25, 0.3) is 0 Å². The van der Waals surface area contributed by atoms with Crippen molar-refractivity contribution in [3.05, 3.63) is 55.7 Å². The molecule has 0 saturated heterocycles. The number of ketones is 1. The van der Waals surface area contributed by atoms with E-state index in [9.17, 15) is 18.0 Å². The zero-order valence-corrected chi connectivity index (χ0v) is 11.4. The molecule has 1 aromatic heterocycles. The van der Waals surface area contributed by atoms with E-state index in [4.69, 9.17) is 23.2 Å². The van der Waals surface area contributed by atoms with Crippen molar-refractivity contribution in [3.8, 4) is 0 Å². The van der Waals surface area contributed by atoms with Crippen LogP contribution in [0.3, 0.4) is 0 Å². The van der Waals surface area contributed by atoms with Crippen LogP contribution < -0.4 is 0 Å². The molecule has 1 aromatic carbocycles. The summed E-state index contributed by atoms with van der Waals surface area (Å²) in [6.45, 7) is 0. The predicted octanol–water partition coefficient (Wildman–Crippen LogP) is 5.30. The molecule has 0 aliphatic heterocycles. The Morgan fingerprint density at radius 3 is 2.26 bits per heavy atom. The van der Waals surface area contributed by atoms with Gasteiger partial charge in [0.1, 0.15) is 4.34 Å². The van der Waals surface area contributed by atoms with E-state index in [2.05, 4.69) is 0 Å². The number of carbonyl (C=O) groups is 1. The minimum Gasteiger partial charge on any atom is -0.289 e. The summed E-state index contributed by atoms with van der Waals surface area (Å²) < 4.78 is 38.8. The predicted molar refractivity (Wildman–Crippen MR) is 69.2 cm³/mol. The average Bonchev–Trinajstić information content (AvgIpc) is 2.66. The number of hydrogen-bond acceptors (Lipinski definition) is 2. The molecule has 0 N–H and O–H groups in total. The Morgan fingerprint density at radius 2 is 1.74 bits per heavy atom. The molecule has 1 nitrogen and oxygen atoms in total. The highest BCUT2D eigenvalue weighted by atomic mass is 35.5. The molecule has 0 radical (unpaired) electrons. The second kappa shape index (κ2) is 5.15. The lowest BCUT2D eigenvalue weighted by atomic mass is 10.00. The first kappa shape index (κ1) is 14.4. The summed E-state index contributed by atoms with van der Waals surface area (Å²) in [5, 5.41) is 0. The topological polar surface area (TPSA) is 17.1 Å². The molecule has 2 rings (SSSR count). The molecule has 0 saturated carbocycles. The third-order valence-corrected chi connectivity index (χ3v) is 3.87. The summed E-state index contributed by atoms with van der Waals surface area (Å²) in [6.07, 6.45) is -4.60. The van der Waals surface area contributed by atoms with Gasteiger partial charge in [-0.25, -0.2) is 0 Å². The van der Waals surface area contributed by atoms with Crippen LogP contribution in [0.4, 0.5) is 13.2 Å². The Morgan fingerprint density at radius 1 is 1.11 bits per heavy atom. The number of thiophene rings is 1. The summed E-state index contributed by atoms with van der Waals surface area (Å²) in [7, 11) is 0. The van der Waals surface area contributed by atoms with Crippen LogP contribution in [-0.2, 0) is 6.18 Å². The van der Waals surface area contributed by atoms with Gasteiger partial charge < -0.3 is 0 Å². The molecule has 0 amide bonds. The molecular weight excluding hydrogens is 320 g/mol. The van der Waals surface area contributed by atoms with Crippen LogP contribution >= 0.6 is 34.5 Å². The number of carbonyl (C=O) groups excluding carboxylic acids is 1. The van der Waals surface area contributed by atoms with Gasteiger partial charge in [0.05, 0.1) is 15.5 Å². The fourth-order valence-electron chi connectivity index (χ4n) is 1.57. The third kappa shape index (κ3) is 2.94. The fraction of sp³-hybridized carbons (Fsp3) is 0.0833. The van der Waals surface area contributed by atoms with Crippen molar-refractivity contribution in [3.63, 3.8) is 0 Å². The second-order valence-electron chi connectivity index (χ2n) is 3.61. The van der Waals surface area contributed by atoms with Gasteiger partial charge in [-0.05, 0) is 12.1 Å². The van der Waals surface area contributed by atoms with Gasteiger partial charge in [0.25, 0.3) is 0 Å². The van der Waals surface area contributed by atoms with Crippen molar-refractivity contribution in [2.45, 2.75) is 6.18 Å². The average molecular weight is 325 g/mol. The van der Waals surface area contributed by atoms with Crippen LogP contribution in [0, 0.1) is 0 Å². The van der Waals surface area contributed by atoms with Gasteiger partial charge in [-0.15, -0.1) is 11.3 Å². The van der Waals surface area contributed by atoms with Crippen molar-refractivity contribution >= 4 is 40.3 Å². The van der Waals surface area contributed by atoms with Crippen LogP contribution in [0.5, 0.6) is 0 Å². The molecule has 7 heteroatoms. The van der Waals surface area contributed by atoms with Gasteiger partial charge in [0.15, 0.2) is 5.78 Å². The Hall–Kier alpha value is -1.04. The van der Waals surface area contributed by atoms with E-state index in [1.807, 2.05) is 0 Å². The Kier molecular flexibility index (Phi) is 3.90. The lowest BCUT2D eigenvalue weighted by molar-refractivity contribution is -0.137. The number of alkyl halides is 3. The molecule has 1 heterocycles. The second-order valence-corrected chi connectivity index (χ2v) is 5.90. The summed E-state index contributed by atoms with van der Waals surface area (Å²) in [6, 6.07) is 5.83. The lowest BCUT2D eigenvalue weighted by Crippen LogP contribution is -2.13. The maximum atomic E-state index is 12.8. The number of benzene rings is 1. The minimum absolute atomic E-state index is 0.0200. The van der Waals surface area contributed by atoms with E-state index in [0.29, 0.717) is 0 Å². The summed E-state index contributed by atoms with van der Waals surface area (Å²) in [5.74, 6) is -0.791. The zero-order valence-electron chi connectivity index (χ0n) is 9.09. The first-order valence-electron chi connectivity index (χ1n) is 4.96. The number of rotatable bonds is 2. The normalized spacial score (nSPS) is 11.6. The summed E-state index contributed by atoms with van der Waals surface area (Å²) in [4.78, 5) is 12.1. The maximum Gasteiger partial charge on any atom is 0.417 e. The van der Waals surface area contributed by atoms with Crippen LogP contribution in [-0.4, -0.2) is 5.78 Å². The van der Waals surface area contributed by atoms with Gasteiger partial charge in [-0.2, -0.15) is 13.2 Å². The van der Waals surface area contributed by atoms with Gasteiger partial charge in [0, 0.05) is 5.56 Å². The largest absolute Gasteiger partial charge is 0.417 e. The van der Waals surface area contributed by atoms with Crippen LogP contribution in [0.2, 0.25) is 8.67 Å². The van der Waals surface area contributed by atoms with E-state index in [1.54, 1.807) is 0 Å². The van der Waals surface area contributed by atoms with Crippen LogP contribution in [0.1, 0.15) is 21.5 Å². The summed E-state index contributed by atoms with van der Waals surface area (Å²) >= 11 is 12.4. The number of hydrogen-bond donors (Lipinski definition) is 0. The van der Waals surface area contributed by atoms with E-state index < -0.39 is 23.1 Å². The van der Waals surface area contributed by atoms with Gasteiger partial charge >= 0.3 is 6.18 Å². The monoisotopic (exact) mass is 324 g/mol. The van der Waals surface area contributed by atoms with E-state index >= 15 is 0 Å². The van der Waals surface area contributed by atoms with E-state index in [0.717, 1.165) is 23.5 Å². The van der Waals surface area contributed by atoms with Gasteiger partial charge in [-0.3, -0.25) is 4.79 Å². The van der Waals surface area contributed by atoms with E-state index in [1.165, 1.54) is 18.2 Å². The highest BCUT2D eigenvalue weighted by Crippen LogP contribution is 2.36. The Bertz CT molecular complexity index is 634. The Labute approximate surface area is 120 Å². The molecule has 0 aliphatic rings. The van der Waals surface area contributed by atoms with Crippen molar-refractivity contribution < 1.29 is 18.0 Å². The first-order chi connectivity index (χ1) is 8.80. The summed E-state index contributed by atoms with van der Waals surface area (Å²) in [5.41, 5.74) is -1.45. The quantitative estimate of drug-likeness (QED) is 0.684. The molecule has 0 bridgehead atoms. The molecule has 0 aliphatic carbocycles. The van der Waals surface area contributed by atoms with Crippen molar-refractivity contribution in [1.82, 2.24) is 0 Å². The molecule has 0 atom stereocenters. The van der Waals surface area contributed by atoms with Crippen LogP contribution in [0.15, 0.2) is 30.3 Å². The molecule has 100 valence electrons. The molecule has 19 heavy (non-hydrogen) atoms. The van der Waals surface area contributed by atoms with Gasteiger partial charge in [-0.1, -0.05) is 41.4 Å². The SMILES string of the molecule is O=C(c1ccccc1C(F)(F)F)c1cc(Cl)sc1Cl. The zero-order chi connectivity index (χ0) is 14.2. The molecular formula is C12H5Cl2F3OS. The van der Waals surface area contributed by atoms with Crippen molar-refractivity contribution in [1.29, 1.82) is 0 Å². The highest BCUT2D eigenvalue weighted by Gasteiger charge is 2.35. The van der Waals surface area contributed by atoms with E-state index in [-0.39, 0.29) is 14.2 Å². The fourth-order valence-corrected chi connectivity index (χ4v) is 3.03. The molecule has 2 aromatic rings. The third-order valence-electron chi connectivity index (χ3n) is 2.38. The lowest BCUT2D eigenvalue weighted by Gasteiger charge is -2.11. The highest BCUT2D eigenvalue weighted by molar-refractivity contribution is 7.20. The maximum absolute atomic E-state index is 12.8. The molecule has 0 fully saturated rings. The smallest absolute Gasteiger partial charge is 0.289 e. The standard InChI is InChI=1S/C12H5Cl2F3OS/c13-9-5-7(11(14)19-9)10(18)6-3-1-2-4-8(6)12(15,16)17/h1-5H. The Balaban J connectivity index is 2.54. The first-order valence-corrected chi connectivity index (χ1v) is 6.53. The minimum atomic E-state index is -4.60. The number of halogens is 5. The molecule has 0 unspecified atom stereocenters. The van der Waals surface area contributed by atoms with Gasteiger partial charge in [0.2, 0.25) is 0 Å².